The molecule has 0 radical (unpaired) electrons. The summed E-state index contributed by atoms with van der Waals surface area (Å²) in [5.74, 6) is -1.22. The van der Waals surface area contributed by atoms with E-state index in [0.29, 0.717) is 5.69 Å². The van der Waals surface area contributed by atoms with Crippen molar-refractivity contribution < 1.29 is 18.3 Å². The van der Waals surface area contributed by atoms with Crippen LogP contribution < -0.4 is 4.72 Å². The number of anilines is 1. The van der Waals surface area contributed by atoms with Crippen molar-refractivity contribution in [3.05, 3.63) is 45.6 Å². The number of nitrogens with one attached hydrogen (secondary N) is 1. The first-order chi connectivity index (χ1) is 8.90. The van der Waals surface area contributed by atoms with Crippen molar-refractivity contribution in [2.24, 2.45) is 0 Å². The minimum Gasteiger partial charge on any atom is -0.478 e. The molecule has 0 saturated carbocycles. The van der Waals surface area contributed by atoms with Gasteiger partial charge in [-0.2, -0.15) is 11.3 Å². The number of sulfonamides is 1. The molecule has 0 unspecified atom stereocenters. The third-order valence-electron chi connectivity index (χ3n) is 2.24. The summed E-state index contributed by atoms with van der Waals surface area (Å²) in [6.45, 7) is 0. The highest BCUT2D eigenvalue weighted by Gasteiger charge is 2.20. The number of hydrogen-bond donors (Lipinski definition) is 2. The summed E-state index contributed by atoms with van der Waals surface area (Å²) >= 11 is 7.15. The maximum atomic E-state index is 12.1. The van der Waals surface area contributed by atoms with Crippen LogP contribution >= 0.6 is 22.9 Å². The average molecular weight is 318 g/mol. The third kappa shape index (κ3) is 3.06. The quantitative estimate of drug-likeness (QED) is 0.908. The van der Waals surface area contributed by atoms with Crippen LogP contribution in [0, 0.1) is 0 Å². The largest absolute Gasteiger partial charge is 0.478 e. The molecular weight excluding hydrogens is 310 g/mol. The predicted octanol–water partition coefficient (Wildman–Crippen LogP) is 2.90. The zero-order valence-corrected chi connectivity index (χ0v) is 11.7. The van der Waals surface area contributed by atoms with Crippen molar-refractivity contribution in [2.75, 3.05) is 4.72 Å². The molecule has 0 fully saturated rings. The number of carbonyl (C=O) groups is 1. The second-order valence-electron chi connectivity index (χ2n) is 3.57. The molecule has 0 amide bonds. The number of carboxylic acid groups (broad SMARTS) is 1. The Kier molecular flexibility index (Phi) is 3.79. The number of carboxylic acids is 1. The van der Waals surface area contributed by atoms with Crippen LogP contribution in [0.25, 0.3) is 0 Å². The molecule has 5 nitrogen and oxygen atoms in total. The van der Waals surface area contributed by atoms with E-state index >= 15 is 0 Å². The van der Waals surface area contributed by atoms with Crippen molar-refractivity contribution in [1.82, 2.24) is 0 Å². The van der Waals surface area contributed by atoms with Crippen molar-refractivity contribution in [3.63, 3.8) is 0 Å². The lowest BCUT2D eigenvalue weighted by atomic mass is 10.2. The first kappa shape index (κ1) is 13.9. The molecule has 2 aromatic rings. The number of aromatic carboxylic acids is 1. The van der Waals surface area contributed by atoms with Crippen LogP contribution in [0.3, 0.4) is 0 Å². The molecule has 0 aliphatic carbocycles. The van der Waals surface area contributed by atoms with Crippen LogP contribution in [0.5, 0.6) is 0 Å². The van der Waals surface area contributed by atoms with E-state index in [2.05, 4.69) is 4.72 Å². The van der Waals surface area contributed by atoms with Gasteiger partial charge in [-0.3, -0.25) is 4.72 Å². The molecule has 2 N–H and O–H groups in total. The van der Waals surface area contributed by atoms with Crippen molar-refractivity contribution in [3.8, 4) is 0 Å². The minimum atomic E-state index is -3.91. The molecule has 0 aliphatic heterocycles. The van der Waals surface area contributed by atoms with Crippen LogP contribution in [0.2, 0.25) is 5.02 Å². The molecule has 1 aromatic carbocycles. The lowest BCUT2D eigenvalue weighted by Gasteiger charge is -2.08. The fourth-order valence-electron chi connectivity index (χ4n) is 1.37. The SMILES string of the molecule is O=C(O)c1ccc(Cl)c(S(=O)(=O)Nc2ccsc2)c1. The molecule has 1 heterocycles. The van der Waals surface area contributed by atoms with E-state index in [1.54, 1.807) is 16.8 Å². The zero-order valence-electron chi connectivity index (χ0n) is 9.33. The molecule has 0 saturated heterocycles. The van der Waals surface area contributed by atoms with Gasteiger partial charge in [-0.15, -0.1) is 0 Å². The normalized spacial score (nSPS) is 11.2. The highest BCUT2D eigenvalue weighted by atomic mass is 35.5. The predicted molar refractivity (Wildman–Crippen MR) is 73.5 cm³/mol. The summed E-state index contributed by atoms with van der Waals surface area (Å²) in [4.78, 5) is 10.6. The fourth-order valence-corrected chi connectivity index (χ4v) is 3.61. The highest BCUT2D eigenvalue weighted by molar-refractivity contribution is 7.92. The maximum absolute atomic E-state index is 12.1. The number of rotatable bonds is 4. The first-order valence-corrected chi connectivity index (χ1v) is 7.78. The van der Waals surface area contributed by atoms with Crippen molar-refractivity contribution >= 4 is 44.6 Å². The summed E-state index contributed by atoms with van der Waals surface area (Å²) in [7, 11) is -3.91. The van der Waals surface area contributed by atoms with E-state index in [4.69, 9.17) is 16.7 Å². The molecular formula is C11H8ClNO4S2. The Balaban J connectivity index is 2.45. The second kappa shape index (κ2) is 5.20. The van der Waals surface area contributed by atoms with Crippen LogP contribution in [-0.2, 0) is 10.0 Å². The van der Waals surface area contributed by atoms with Gasteiger partial charge in [0.25, 0.3) is 10.0 Å². The molecule has 0 spiro atoms. The van der Waals surface area contributed by atoms with Crippen molar-refractivity contribution in [1.29, 1.82) is 0 Å². The summed E-state index contributed by atoms with van der Waals surface area (Å²) < 4.78 is 26.5. The lowest BCUT2D eigenvalue weighted by molar-refractivity contribution is 0.0696. The Labute approximate surface area is 118 Å². The van der Waals surface area contributed by atoms with Gasteiger partial charge in [0, 0.05) is 5.38 Å². The minimum absolute atomic E-state index is 0.0345. The smallest absolute Gasteiger partial charge is 0.335 e. The number of halogens is 1. The van der Waals surface area contributed by atoms with Crippen LogP contribution in [0.4, 0.5) is 5.69 Å². The lowest BCUT2D eigenvalue weighted by Crippen LogP contribution is -2.14. The van der Waals surface area contributed by atoms with Gasteiger partial charge in [-0.05, 0) is 29.6 Å². The second-order valence-corrected chi connectivity index (χ2v) is 6.41. The van der Waals surface area contributed by atoms with E-state index in [1.165, 1.54) is 23.5 Å². The summed E-state index contributed by atoms with van der Waals surface area (Å²) in [5, 5.41) is 12.2. The zero-order chi connectivity index (χ0) is 14.0. The van der Waals surface area contributed by atoms with Crippen LogP contribution in [0.1, 0.15) is 10.4 Å². The Morgan fingerprint density at radius 1 is 1.32 bits per heavy atom. The average Bonchev–Trinajstić information content (AvgIpc) is 2.81. The van der Waals surface area contributed by atoms with E-state index in [9.17, 15) is 13.2 Å². The van der Waals surface area contributed by atoms with Gasteiger partial charge in [-0.25, -0.2) is 13.2 Å². The van der Waals surface area contributed by atoms with Gasteiger partial charge in [0.15, 0.2) is 0 Å². The third-order valence-corrected chi connectivity index (χ3v) is 4.79. The van der Waals surface area contributed by atoms with Gasteiger partial charge in [-0.1, -0.05) is 11.6 Å². The monoisotopic (exact) mass is 317 g/mol. The molecule has 0 aliphatic rings. The fraction of sp³-hybridized carbons (Fsp3) is 0. The van der Waals surface area contributed by atoms with E-state index in [-0.39, 0.29) is 15.5 Å². The van der Waals surface area contributed by atoms with Gasteiger partial charge in [0.1, 0.15) is 4.90 Å². The molecule has 0 atom stereocenters. The molecule has 0 bridgehead atoms. The van der Waals surface area contributed by atoms with Gasteiger partial charge < -0.3 is 5.11 Å². The van der Waals surface area contributed by atoms with Crippen molar-refractivity contribution in [2.45, 2.75) is 4.90 Å². The Bertz CT molecular complexity index is 710. The Morgan fingerprint density at radius 3 is 2.63 bits per heavy atom. The van der Waals surface area contributed by atoms with Crippen LogP contribution in [-0.4, -0.2) is 19.5 Å². The topological polar surface area (TPSA) is 83.5 Å². The molecule has 100 valence electrons. The van der Waals surface area contributed by atoms with E-state index < -0.39 is 16.0 Å². The van der Waals surface area contributed by atoms with Crippen LogP contribution in [0.15, 0.2) is 39.9 Å². The van der Waals surface area contributed by atoms with Gasteiger partial charge in [0.05, 0.1) is 16.3 Å². The Morgan fingerprint density at radius 2 is 2.05 bits per heavy atom. The summed E-state index contributed by atoms with van der Waals surface area (Å²) in [5.41, 5.74) is 0.261. The standard InChI is InChI=1S/C11H8ClNO4S2/c12-9-2-1-7(11(14)15)5-10(9)19(16,17)13-8-3-4-18-6-8/h1-6,13H,(H,14,15). The van der Waals surface area contributed by atoms with Gasteiger partial charge in [0.2, 0.25) is 0 Å². The Hall–Kier alpha value is -1.57. The summed E-state index contributed by atoms with van der Waals surface area (Å²) in [6, 6.07) is 5.11. The number of benzene rings is 1. The van der Waals surface area contributed by atoms with Gasteiger partial charge >= 0.3 is 5.97 Å². The molecule has 8 heteroatoms. The maximum Gasteiger partial charge on any atom is 0.335 e. The first-order valence-electron chi connectivity index (χ1n) is 4.98. The summed E-state index contributed by atoms with van der Waals surface area (Å²) in [6.07, 6.45) is 0. The molecule has 19 heavy (non-hydrogen) atoms. The number of thiophene rings is 1. The van der Waals surface area contributed by atoms with E-state index in [1.807, 2.05) is 0 Å². The van der Waals surface area contributed by atoms with E-state index in [0.717, 1.165) is 6.07 Å². The number of hydrogen-bond acceptors (Lipinski definition) is 4. The molecule has 2 rings (SSSR count). The highest BCUT2D eigenvalue weighted by Crippen LogP contribution is 2.25. The molecule has 1 aromatic heterocycles.